The van der Waals surface area contributed by atoms with E-state index in [-0.39, 0.29) is 11.9 Å². The summed E-state index contributed by atoms with van der Waals surface area (Å²) in [7, 11) is 3.02. The molecule has 0 unspecified atom stereocenters. The molecule has 0 aromatic carbocycles. The Morgan fingerprint density at radius 2 is 2.29 bits per heavy atom. The number of nitrogens with one attached hydrogen (secondary N) is 1. The van der Waals surface area contributed by atoms with Gasteiger partial charge in [-0.15, -0.1) is 0 Å². The Bertz CT molecular complexity index is 258. The van der Waals surface area contributed by atoms with Gasteiger partial charge in [0.15, 0.2) is 6.29 Å². The van der Waals surface area contributed by atoms with Crippen LogP contribution in [0.25, 0.3) is 10.4 Å². The van der Waals surface area contributed by atoms with Gasteiger partial charge < -0.3 is 14.8 Å². The molecule has 1 N–H and O–H groups in total. The summed E-state index contributed by atoms with van der Waals surface area (Å²) in [5, 5.41) is 5.98. The van der Waals surface area contributed by atoms with Crippen LogP contribution in [-0.4, -0.2) is 38.5 Å². The monoisotopic (exact) mass is 200 g/mol. The first kappa shape index (κ1) is 10.8. The number of ether oxygens (including phenoxy) is 2. The molecular weight excluding hydrogens is 188 g/mol. The number of nitrogens with zero attached hydrogens (tertiary/aromatic N) is 3. The van der Waals surface area contributed by atoms with Gasteiger partial charge in [-0.25, -0.2) is 0 Å². The first-order chi connectivity index (χ1) is 6.72. The van der Waals surface area contributed by atoms with Crippen LogP contribution in [0, 0.1) is 0 Å². The molecule has 0 bridgehead atoms. The highest BCUT2D eigenvalue weighted by molar-refractivity contribution is 5.89. The molecule has 1 fully saturated rings. The fourth-order valence-corrected chi connectivity index (χ4v) is 1.31. The van der Waals surface area contributed by atoms with Crippen molar-refractivity contribution in [2.45, 2.75) is 24.8 Å². The zero-order valence-electron chi connectivity index (χ0n) is 8.01. The molecule has 1 rings (SSSR count). The topological polar surface area (TPSA) is 96.3 Å². The van der Waals surface area contributed by atoms with Gasteiger partial charge in [0.05, 0.1) is 6.04 Å². The molecule has 0 aromatic heterocycles. The van der Waals surface area contributed by atoms with Gasteiger partial charge >= 0.3 is 0 Å². The van der Waals surface area contributed by atoms with E-state index >= 15 is 0 Å². The highest BCUT2D eigenvalue weighted by Crippen LogP contribution is 2.17. The van der Waals surface area contributed by atoms with Crippen molar-refractivity contribution in [1.29, 1.82) is 0 Å². The van der Waals surface area contributed by atoms with E-state index in [1.807, 2.05) is 0 Å². The van der Waals surface area contributed by atoms with Crippen molar-refractivity contribution < 1.29 is 14.3 Å². The molecule has 0 saturated carbocycles. The van der Waals surface area contributed by atoms with Gasteiger partial charge in [0.25, 0.3) is 0 Å². The third kappa shape index (κ3) is 2.14. The van der Waals surface area contributed by atoms with Gasteiger partial charge in [-0.2, -0.15) is 0 Å². The molecule has 1 aliphatic rings. The van der Waals surface area contributed by atoms with E-state index < -0.39 is 12.3 Å². The number of rotatable bonds is 5. The molecule has 1 aliphatic heterocycles. The fourth-order valence-electron chi connectivity index (χ4n) is 1.31. The maximum absolute atomic E-state index is 10.9. The van der Waals surface area contributed by atoms with Crippen molar-refractivity contribution in [1.82, 2.24) is 5.32 Å². The average Bonchev–Trinajstić information content (AvgIpc) is 2.20. The lowest BCUT2D eigenvalue weighted by Gasteiger charge is -2.35. The third-order valence-electron chi connectivity index (χ3n) is 2.13. The Labute approximate surface area is 81.0 Å². The van der Waals surface area contributed by atoms with Crippen molar-refractivity contribution in [3.05, 3.63) is 10.4 Å². The predicted molar refractivity (Wildman–Crippen MR) is 47.3 cm³/mol. The smallest absolute Gasteiger partial charge is 0.231 e. The highest BCUT2D eigenvalue weighted by atomic mass is 16.7. The summed E-state index contributed by atoms with van der Waals surface area (Å²) in [4.78, 5) is 13.5. The Kier molecular flexibility index (Phi) is 3.70. The van der Waals surface area contributed by atoms with Crippen LogP contribution in [-0.2, 0) is 14.3 Å². The van der Waals surface area contributed by atoms with E-state index in [0.717, 1.165) is 0 Å². The van der Waals surface area contributed by atoms with Crippen LogP contribution in [0.4, 0.5) is 0 Å². The van der Waals surface area contributed by atoms with E-state index in [0.29, 0.717) is 6.42 Å². The van der Waals surface area contributed by atoms with E-state index in [1.165, 1.54) is 14.2 Å². The molecule has 0 aliphatic carbocycles. The van der Waals surface area contributed by atoms with Gasteiger partial charge in [-0.05, 0) is 5.53 Å². The Hall–Kier alpha value is -1.30. The summed E-state index contributed by atoms with van der Waals surface area (Å²) in [6.45, 7) is 0. The SMILES string of the molecule is COC(C[C@@H]1NC(=O)[C@@H]1N=[N+]=[N-])OC. The number of azide groups is 1. The maximum Gasteiger partial charge on any atom is 0.231 e. The van der Waals surface area contributed by atoms with Crippen molar-refractivity contribution in [2.75, 3.05) is 14.2 Å². The second-order valence-electron chi connectivity index (χ2n) is 2.90. The number of methoxy groups -OCH3 is 2. The molecule has 78 valence electrons. The fraction of sp³-hybridized carbons (Fsp3) is 0.857. The molecule has 0 aromatic rings. The molecule has 2 atom stereocenters. The van der Waals surface area contributed by atoms with Gasteiger partial charge in [-0.1, -0.05) is 5.11 Å². The van der Waals surface area contributed by atoms with Gasteiger partial charge in [0, 0.05) is 25.6 Å². The minimum Gasteiger partial charge on any atom is -0.356 e. The lowest BCUT2D eigenvalue weighted by molar-refractivity contribution is -0.138. The van der Waals surface area contributed by atoms with Crippen molar-refractivity contribution in [3.63, 3.8) is 0 Å². The molecule has 0 radical (unpaired) electrons. The first-order valence-electron chi connectivity index (χ1n) is 4.13. The zero-order valence-corrected chi connectivity index (χ0v) is 8.01. The van der Waals surface area contributed by atoms with Crippen molar-refractivity contribution in [3.8, 4) is 0 Å². The summed E-state index contributed by atoms with van der Waals surface area (Å²) in [6, 6.07) is -0.823. The van der Waals surface area contributed by atoms with Crippen molar-refractivity contribution in [2.24, 2.45) is 5.11 Å². The number of carbonyl (C=O) groups excluding carboxylic acids is 1. The Balaban J connectivity index is 2.46. The van der Waals surface area contributed by atoms with Gasteiger partial charge in [0.1, 0.15) is 6.04 Å². The third-order valence-corrected chi connectivity index (χ3v) is 2.13. The number of hydrogen-bond donors (Lipinski definition) is 1. The van der Waals surface area contributed by atoms with E-state index in [2.05, 4.69) is 15.3 Å². The van der Waals surface area contributed by atoms with E-state index in [9.17, 15) is 4.79 Å². The van der Waals surface area contributed by atoms with Crippen LogP contribution in [0.15, 0.2) is 5.11 Å². The summed E-state index contributed by atoms with van der Waals surface area (Å²) in [5.41, 5.74) is 8.20. The van der Waals surface area contributed by atoms with Gasteiger partial charge in [-0.3, -0.25) is 4.79 Å². The normalized spacial score (nSPS) is 25.2. The second-order valence-corrected chi connectivity index (χ2v) is 2.90. The van der Waals surface area contributed by atoms with Crippen LogP contribution >= 0.6 is 0 Å². The number of β-lactam (4-membered cyclic amide) rings is 1. The molecule has 1 heterocycles. The largest absolute Gasteiger partial charge is 0.356 e. The minimum absolute atomic E-state index is 0.191. The molecule has 1 saturated heterocycles. The average molecular weight is 200 g/mol. The Morgan fingerprint density at radius 1 is 1.64 bits per heavy atom. The summed E-state index contributed by atoms with van der Waals surface area (Å²) < 4.78 is 9.92. The lowest BCUT2D eigenvalue weighted by atomic mass is 9.96. The number of carbonyl (C=O) groups is 1. The molecule has 1 amide bonds. The summed E-state index contributed by atoms with van der Waals surface area (Å²) in [6.07, 6.45) is 0.0830. The lowest BCUT2D eigenvalue weighted by Crippen LogP contribution is -2.62. The number of amides is 1. The Morgan fingerprint density at radius 3 is 2.71 bits per heavy atom. The first-order valence-corrected chi connectivity index (χ1v) is 4.13. The number of hydrogen-bond acceptors (Lipinski definition) is 4. The second kappa shape index (κ2) is 4.80. The van der Waals surface area contributed by atoms with Crippen LogP contribution < -0.4 is 5.32 Å². The van der Waals surface area contributed by atoms with Crippen LogP contribution in [0.5, 0.6) is 0 Å². The minimum atomic E-state index is -0.632. The maximum atomic E-state index is 10.9. The van der Waals surface area contributed by atoms with Crippen LogP contribution in [0.2, 0.25) is 0 Å². The zero-order chi connectivity index (χ0) is 10.6. The van der Waals surface area contributed by atoms with E-state index in [4.69, 9.17) is 15.0 Å². The molecule has 7 heteroatoms. The van der Waals surface area contributed by atoms with Crippen LogP contribution in [0.3, 0.4) is 0 Å². The van der Waals surface area contributed by atoms with Gasteiger partial charge in [0.2, 0.25) is 5.91 Å². The molecule has 0 spiro atoms. The van der Waals surface area contributed by atoms with Crippen LogP contribution in [0.1, 0.15) is 6.42 Å². The summed E-state index contributed by atoms with van der Waals surface area (Å²) >= 11 is 0. The quantitative estimate of drug-likeness (QED) is 0.225. The van der Waals surface area contributed by atoms with Crippen molar-refractivity contribution >= 4 is 5.91 Å². The predicted octanol–water partition coefficient (Wildman–Crippen LogP) is 0.173. The molecular formula is C7H12N4O3. The van der Waals surface area contributed by atoms with E-state index in [1.54, 1.807) is 0 Å². The standard InChI is InChI=1S/C7H12N4O3/c1-13-5(14-2)3-4-6(10-11-8)7(12)9-4/h4-6H,3H2,1-2H3,(H,9,12)/t4-,6+/m0/s1. The molecule has 14 heavy (non-hydrogen) atoms. The highest BCUT2D eigenvalue weighted by Gasteiger charge is 2.39. The molecule has 7 nitrogen and oxygen atoms in total. The summed E-state index contributed by atoms with van der Waals surface area (Å²) in [5.74, 6) is -0.251.